The molecule has 5 nitrogen and oxygen atoms in total. The van der Waals surface area contributed by atoms with Crippen LogP contribution in [-0.4, -0.2) is 19.4 Å². The van der Waals surface area contributed by atoms with Gasteiger partial charge in [-0.25, -0.2) is 4.79 Å². The van der Waals surface area contributed by atoms with E-state index < -0.39 is 6.09 Å². The first-order valence-corrected chi connectivity index (χ1v) is 7.06. The minimum Gasteiger partial charge on any atom is -0.495 e. The number of methoxy groups -OCH3 is 1. The maximum atomic E-state index is 11.8. The molecule has 2 N–H and O–H groups in total. The second-order valence-corrected chi connectivity index (χ2v) is 4.77. The normalized spacial score (nSPS) is 11.4. The largest absolute Gasteiger partial charge is 0.495 e. The Bertz CT molecular complexity index is 602. The lowest BCUT2D eigenvalue weighted by atomic mass is 10.2. The molecule has 0 aromatic heterocycles. The number of rotatable bonds is 6. The number of anilines is 1. The molecular weight excluding hydrogens is 280 g/mol. The van der Waals surface area contributed by atoms with Gasteiger partial charge in [-0.05, 0) is 24.6 Å². The molecule has 0 saturated carbocycles. The Kier molecular flexibility index (Phi) is 5.65. The van der Waals surface area contributed by atoms with Crippen LogP contribution >= 0.6 is 0 Å². The van der Waals surface area contributed by atoms with Gasteiger partial charge in [-0.2, -0.15) is 0 Å². The van der Waals surface area contributed by atoms with Gasteiger partial charge in [0.1, 0.15) is 12.4 Å². The highest BCUT2D eigenvalue weighted by Crippen LogP contribution is 2.23. The number of benzene rings is 2. The number of nitrogens with one attached hydrogen (secondary N) is 2. The van der Waals surface area contributed by atoms with Crippen LogP contribution in [0.15, 0.2) is 54.6 Å². The quantitative estimate of drug-likeness (QED) is 0.803. The third-order valence-corrected chi connectivity index (χ3v) is 3.03. The summed E-state index contributed by atoms with van der Waals surface area (Å²) >= 11 is 0. The summed E-state index contributed by atoms with van der Waals surface area (Å²) in [5, 5.41) is 5.88. The summed E-state index contributed by atoms with van der Waals surface area (Å²) in [4.78, 5) is 11.8. The van der Waals surface area contributed by atoms with Crippen molar-refractivity contribution in [3.63, 3.8) is 0 Å². The minimum atomic E-state index is -0.473. The summed E-state index contributed by atoms with van der Waals surface area (Å²) in [6, 6.07) is 17.1. The highest BCUT2D eigenvalue weighted by atomic mass is 16.5. The molecule has 1 unspecified atom stereocenters. The lowest BCUT2D eigenvalue weighted by molar-refractivity contribution is 0.137. The monoisotopic (exact) mass is 300 g/mol. The van der Waals surface area contributed by atoms with E-state index in [9.17, 15) is 4.79 Å². The lowest BCUT2D eigenvalue weighted by Gasteiger charge is -2.18. The van der Waals surface area contributed by atoms with E-state index in [2.05, 4.69) is 10.6 Å². The number of amides is 1. The number of ether oxygens (including phenoxy) is 2. The van der Waals surface area contributed by atoms with E-state index in [4.69, 9.17) is 9.47 Å². The van der Waals surface area contributed by atoms with Crippen molar-refractivity contribution < 1.29 is 14.3 Å². The third-order valence-electron chi connectivity index (χ3n) is 3.03. The fourth-order valence-electron chi connectivity index (χ4n) is 1.97. The van der Waals surface area contributed by atoms with Gasteiger partial charge in [-0.15, -0.1) is 0 Å². The summed E-state index contributed by atoms with van der Waals surface area (Å²) in [5.41, 5.74) is 1.75. The molecule has 0 saturated heterocycles. The Morgan fingerprint density at radius 2 is 1.77 bits per heavy atom. The zero-order valence-electron chi connectivity index (χ0n) is 12.7. The fraction of sp³-hybridized carbons (Fsp3) is 0.235. The van der Waals surface area contributed by atoms with E-state index in [-0.39, 0.29) is 12.8 Å². The molecule has 0 radical (unpaired) electrons. The van der Waals surface area contributed by atoms with Crippen LogP contribution in [0.2, 0.25) is 0 Å². The molecule has 1 atom stereocenters. The second-order valence-electron chi connectivity index (χ2n) is 4.77. The smallest absolute Gasteiger partial charge is 0.409 e. The minimum absolute atomic E-state index is 0.244. The highest BCUT2D eigenvalue weighted by Gasteiger charge is 2.10. The molecule has 116 valence electrons. The van der Waals surface area contributed by atoms with Gasteiger partial charge in [0.05, 0.1) is 19.0 Å². The SMILES string of the molecule is COc1ccccc1NC(C)NC(=O)OCc1ccccc1. The third kappa shape index (κ3) is 4.70. The molecule has 0 spiro atoms. The van der Waals surface area contributed by atoms with Crippen LogP contribution in [0.3, 0.4) is 0 Å². The number of carbonyl (C=O) groups is 1. The van der Waals surface area contributed by atoms with Crippen LogP contribution in [0.4, 0.5) is 10.5 Å². The van der Waals surface area contributed by atoms with Crippen LogP contribution in [0.5, 0.6) is 5.75 Å². The average Bonchev–Trinajstić information content (AvgIpc) is 2.54. The van der Waals surface area contributed by atoms with Gasteiger partial charge >= 0.3 is 6.09 Å². The second kappa shape index (κ2) is 7.93. The van der Waals surface area contributed by atoms with Crippen molar-refractivity contribution in [2.75, 3.05) is 12.4 Å². The van der Waals surface area contributed by atoms with Crippen molar-refractivity contribution in [2.24, 2.45) is 0 Å². The molecule has 1 amide bonds. The number of para-hydroxylation sites is 2. The molecule has 0 aliphatic heterocycles. The number of carbonyl (C=O) groups excluding carboxylic acids is 1. The number of hydrogen-bond donors (Lipinski definition) is 2. The fourth-order valence-corrected chi connectivity index (χ4v) is 1.97. The van der Waals surface area contributed by atoms with Gasteiger partial charge in [-0.3, -0.25) is 0 Å². The maximum Gasteiger partial charge on any atom is 0.409 e. The molecule has 0 fully saturated rings. The van der Waals surface area contributed by atoms with E-state index >= 15 is 0 Å². The molecule has 22 heavy (non-hydrogen) atoms. The molecule has 0 bridgehead atoms. The van der Waals surface area contributed by atoms with Crippen LogP contribution in [0.25, 0.3) is 0 Å². The summed E-state index contributed by atoms with van der Waals surface area (Å²) in [5.74, 6) is 0.716. The predicted molar refractivity (Wildman–Crippen MR) is 85.8 cm³/mol. The highest BCUT2D eigenvalue weighted by molar-refractivity contribution is 5.68. The average molecular weight is 300 g/mol. The topological polar surface area (TPSA) is 59.6 Å². The van der Waals surface area contributed by atoms with Crippen molar-refractivity contribution in [3.8, 4) is 5.75 Å². The van der Waals surface area contributed by atoms with Crippen molar-refractivity contribution in [2.45, 2.75) is 19.7 Å². The molecule has 0 aliphatic rings. The Morgan fingerprint density at radius 3 is 2.50 bits per heavy atom. The van der Waals surface area contributed by atoms with Gasteiger partial charge in [0, 0.05) is 0 Å². The van der Waals surface area contributed by atoms with Gasteiger partial charge in [0.2, 0.25) is 0 Å². The first kappa shape index (κ1) is 15.7. The molecule has 2 aromatic rings. The Morgan fingerprint density at radius 1 is 1.09 bits per heavy atom. The molecule has 5 heteroatoms. The van der Waals surface area contributed by atoms with Crippen LogP contribution in [0.1, 0.15) is 12.5 Å². The molecule has 2 aromatic carbocycles. The number of alkyl carbamates (subject to hydrolysis) is 1. The molecule has 2 rings (SSSR count). The first-order chi connectivity index (χ1) is 10.7. The van der Waals surface area contributed by atoms with Crippen LogP contribution in [-0.2, 0) is 11.3 Å². The Hall–Kier alpha value is -2.69. The van der Waals surface area contributed by atoms with E-state index in [1.807, 2.05) is 61.5 Å². The number of hydrogen-bond acceptors (Lipinski definition) is 4. The van der Waals surface area contributed by atoms with Gasteiger partial charge in [0.25, 0.3) is 0 Å². The van der Waals surface area contributed by atoms with Crippen molar-refractivity contribution in [3.05, 3.63) is 60.2 Å². The summed E-state index contributed by atoms with van der Waals surface area (Å²) in [6.45, 7) is 2.07. The Labute approximate surface area is 130 Å². The maximum absolute atomic E-state index is 11.8. The zero-order chi connectivity index (χ0) is 15.8. The van der Waals surface area contributed by atoms with Gasteiger partial charge in [-0.1, -0.05) is 42.5 Å². The zero-order valence-corrected chi connectivity index (χ0v) is 12.7. The standard InChI is InChI=1S/C17H20N2O3/c1-13(18-15-10-6-7-11-16(15)21-2)19-17(20)22-12-14-8-4-3-5-9-14/h3-11,13,18H,12H2,1-2H3,(H,19,20). The molecular formula is C17H20N2O3. The van der Waals surface area contributed by atoms with Gasteiger partial charge < -0.3 is 20.1 Å². The van der Waals surface area contributed by atoms with E-state index in [0.29, 0.717) is 5.75 Å². The summed E-state index contributed by atoms with van der Waals surface area (Å²) in [6.07, 6.45) is -0.765. The van der Waals surface area contributed by atoms with Crippen LogP contribution < -0.4 is 15.4 Å². The molecule has 0 aliphatic carbocycles. The summed E-state index contributed by atoms with van der Waals surface area (Å²) < 4.78 is 10.4. The lowest BCUT2D eigenvalue weighted by Crippen LogP contribution is -2.38. The first-order valence-electron chi connectivity index (χ1n) is 7.06. The van der Waals surface area contributed by atoms with Crippen molar-refractivity contribution >= 4 is 11.8 Å². The Balaban J connectivity index is 1.81. The van der Waals surface area contributed by atoms with Crippen LogP contribution in [0, 0.1) is 0 Å². The predicted octanol–water partition coefficient (Wildman–Crippen LogP) is 3.38. The molecule has 0 heterocycles. The van der Waals surface area contributed by atoms with Crippen molar-refractivity contribution in [1.29, 1.82) is 0 Å². The van der Waals surface area contributed by atoms with E-state index in [0.717, 1.165) is 11.3 Å². The van der Waals surface area contributed by atoms with E-state index in [1.54, 1.807) is 7.11 Å². The van der Waals surface area contributed by atoms with E-state index in [1.165, 1.54) is 0 Å². The summed E-state index contributed by atoms with van der Waals surface area (Å²) in [7, 11) is 1.60. The van der Waals surface area contributed by atoms with Gasteiger partial charge in [0.15, 0.2) is 0 Å². The van der Waals surface area contributed by atoms with Crippen molar-refractivity contribution in [1.82, 2.24) is 5.32 Å².